The Kier molecular flexibility index (Phi) is 5.60. The molecule has 0 rings (SSSR count). The maximum Gasteiger partial charge on any atom is 0.422 e. The first-order valence-corrected chi connectivity index (χ1v) is 2.59. The second kappa shape index (κ2) is 6.21. The van der Waals surface area contributed by atoms with Gasteiger partial charge < -0.3 is 4.74 Å². The fourth-order valence-electron chi connectivity index (χ4n) is 0.311. The summed E-state index contributed by atoms with van der Waals surface area (Å²) < 4.78 is 4.15. The van der Waals surface area contributed by atoms with E-state index in [0.29, 0.717) is 0 Å². The molecule has 0 aromatic rings. The van der Waals surface area contributed by atoms with E-state index in [4.69, 9.17) is 0 Å². The third-order valence-electron chi connectivity index (χ3n) is 0.668. The molecule has 0 saturated heterocycles. The fourth-order valence-corrected chi connectivity index (χ4v) is 0.311. The van der Waals surface area contributed by atoms with Crippen molar-refractivity contribution in [1.82, 2.24) is 0 Å². The molecular weight excluding hydrogens is 104 g/mol. The minimum atomic E-state index is 0.946. The topological polar surface area (TPSA) is 26.3 Å². The average Bonchev–Trinajstić information content (AvgIpc) is 1.81. The van der Waals surface area contributed by atoms with E-state index in [1.165, 1.54) is 12.7 Å². The van der Waals surface area contributed by atoms with Crippen LogP contribution in [0.25, 0.3) is 0 Å². The predicted octanol–water partition coefficient (Wildman–Crippen LogP) is 1.38. The quantitative estimate of drug-likeness (QED) is 0.515. The van der Waals surface area contributed by atoms with Gasteiger partial charge in [-0.2, -0.15) is 0 Å². The van der Waals surface area contributed by atoms with Crippen molar-refractivity contribution in [1.29, 1.82) is 0 Å². The van der Waals surface area contributed by atoms with Crippen molar-refractivity contribution in [3.8, 4) is 0 Å². The summed E-state index contributed by atoms with van der Waals surface area (Å²) in [7, 11) is 0. The van der Waals surface area contributed by atoms with E-state index in [2.05, 4.69) is 11.7 Å². The summed E-state index contributed by atoms with van der Waals surface area (Å²) in [4.78, 5) is 9.37. The van der Waals surface area contributed by atoms with Gasteiger partial charge >= 0.3 is 6.47 Å². The Balaban J connectivity index is 2.94. The van der Waals surface area contributed by atoms with E-state index in [9.17, 15) is 4.79 Å². The van der Waals surface area contributed by atoms with Crippen LogP contribution in [0.4, 0.5) is 0 Å². The van der Waals surface area contributed by atoms with Crippen molar-refractivity contribution >= 4 is 6.47 Å². The summed E-state index contributed by atoms with van der Waals surface area (Å²) >= 11 is 0. The van der Waals surface area contributed by atoms with Crippen LogP contribution < -0.4 is 0 Å². The number of ether oxygens (including phenoxy) is 1. The maximum absolute atomic E-state index is 9.37. The fraction of sp³-hybridized carbons (Fsp3) is 0.500. The van der Waals surface area contributed by atoms with E-state index in [-0.39, 0.29) is 0 Å². The minimum Gasteiger partial charge on any atom is -0.426 e. The molecule has 0 aliphatic rings. The van der Waals surface area contributed by atoms with Crippen LogP contribution in [0.3, 0.4) is 0 Å². The smallest absolute Gasteiger partial charge is 0.422 e. The molecule has 0 N–H and O–H groups in total. The van der Waals surface area contributed by atoms with Crippen LogP contribution in [0.5, 0.6) is 0 Å². The van der Waals surface area contributed by atoms with Crippen molar-refractivity contribution in [3.05, 3.63) is 12.3 Å². The summed E-state index contributed by atoms with van der Waals surface area (Å²) in [6, 6.07) is 0. The van der Waals surface area contributed by atoms with Crippen LogP contribution in [0.2, 0.25) is 0 Å². The third kappa shape index (κ3) is 5.21. The summed E-state index contributed by atoms with van der Waals surface area (Å²) in [5, 5.41) is 0. The Morgan fingerprint density at radius 2 is 2.50 bits per heavy atom. The molecule has 45 valence electrons. The van der Waals surface area contributed by atoms with Gasteiger partial charge in [0.2, 0.25) is 0 Å². The molecule has 0 bridgehead atoms. The molecule has 0 aliphatic heterocycles. The number of carbonyl (C=O) groups excluding carboxylic acids is 1. The van der Waals surface area contributed by atoms with Gasteiger partial charge in [-0.25, -0.2) is 4.79 Å². The van der Waals surface area contributed by atoms with Crippen LogP contribution in [0.15, 0.2) is 12.3 Å². The van der Waals surface area contributed by atoms with Crippen molar-refractivity contribution < 1.29 is 9.53 Å². The third-order valence-corrected chi connectivity index (χ3v) is 0.668. The van der Waals surface area contributed by atoms with Gasteiger partial charge in [0.1, 0.15) is 0 Å². The minimum absolute atomic E-state index is 0.946. The van der Waals surface area contributed by atoms with Crippen LogP contribution in [0, 0.1) is 0 Å². The molecule has 2 heteroatoms. The molecule has 0 saturated carbocycles. The van der Waals surface area contributed by atoms with Crippen molar-refractivity contribution in [2.75, 3.05) is 0 Å². The van der Waals surface area contributed by atoms with Crippen molar-refractivity contribution in [2.45, 2.75) is 19.8 Å². The first kappa shape index (κ1) is 7.21. The zero-order chi connectivity index (χ0) is 6.24. The largest absolute Gasteiger partial charge is 0.426 e. The van der Waals surface area contributed by atoms with Crippen molar-refractivity contribution in [3.63, 3.8) is 0 Å². The molecule has 0 unspecified atom stereocenters. The van der Waals surface area contributed by atoms with Gasteiger partial charge in [0.25, 0.3) is 0 Å². The van der Waals surface area contributed by atoms with Crippen LogP contribution in [0.1, 0.15) is 19.8 Å². The van der Waals surface area contributed by atoms with E-state index in [1.54, 1.807) is 6.08 Å². The Morgan fingerprint density at radius 1 is 1.75 bits per heavy atom. The first-order chi connectivity index (χ1) is 3.91. The SMILES string of the molecule is CCC/C=C/O[C]=O. The molecule has 2 nitrogen and oxygen atoms in total. The Labute approximate surface area is 49.1 Å². The number of hydrogen-bond acceptors (Lipinski definition) is 2. The van der Waals surface area contributed by atoms with Gasteiger partial charge in [-0.1, -0.05) is 13.3 Å². The van der Waals surface area contributed by atoms with Crippen LogP contribution >= 0.6 is 0 Å². The highest BCUT2D eigenvalue weighted by molar-refractivity contribution is 5.39. The molecule has 0 heterocycles. The van der Waals surface area contributed by atoms with Crippen molar-refractivity contribution in [2.24, 2.45) is 0 Å². The zero-order valence-corrected chi connectivity index (χ0v) is 4.89. The normalized spacial score (nSPS) is 9.62. The molecule has 0 amide bonds. The molecule has 1 radical (unpaired) electrons. The summed E-state index contributed by atoms with van der Waals surface area (Å²) in [5.41, 5.74) is 0. The molecule has 8 heavy (non-hydrogen) atoms. The summed E-state index contributed by atoms with van der Waals surface area (Å²) in [5.74, 6) is 0. The second-order valence-electron chi connectivity index (χ2n) is 1.36. The van der Waals surface area contributed by atoms with Crippen LogP contribution in [-0.2, 0) is 9.53 Å². The molecule has 0 spiro atoms. The highest BCUT2D eigenvalue weighted by atomic mass is 16.5. The van der Waals surface area contributed by atoms with Crippen LogP contribution in [-0.4, -0.2) is 6.47 Å². The molecule has 0 aromatic heterocycles. The van der Waals surface area contributed by atoms with Gasteiger partial charge in [-0.3, -0.25) is 0 Å². The summed E-state index contributed by atoms with van der Waals surface area (Å²) in [6.07, 6.45) is 5.14. The number of allylic oxidation sites excluding steroid dienone is 1. The Bertz CT molecular complexity index is 76.6. The molecular formula is C6H9O2. The lowest BCUT2D eigenvalue weighted by atomic mass is 10.3. The zero-order valence-electron chi connectivity index (χ0n) is 4.89. The molecule has 0 aliphatic carbocycles. The standard InChI is InChI=1S/C6H9O2/c1-2-3-4-5-8-6-7/h4-5H,2-3H2,1H3/b5-4+. The monoisotopic (exact) mass is 113 g/mol. The van der Waals surface area contributed by atoms with Gasteiger partial charge in [0.15, 0.2) is 0 Å². The van der Waals surface area contributed by atoms with Gasteiger partial charge in [-0.15, -0.1) is 0 Å². The Morgan fingerprint density at radius 3 is 3.00 bits per heavy atom. The van der Waals surface area contributed by atoms with E-state index >= 15 is 0 Å². The molecule has 0 fully saturated rings. The van der Waals surface area contributed by atoms with E-state index in [1.807, 2.05) is 0 Å². The average molecular weight is 113 g/mol. The molecule has 0 atom stereocenters. The predicted molar refractivity (Wildman–Crippen MR) is 30.8 cm³/mol. The second-order valence-corrected chi connectivity index (χ2v) is 1.36. The van der Waals surface area contributed by atoms with Gasteiger partial charge in [0, 0.05) is 0 Å². The maximum atomic E-state index is 9.37. The van der Waals surface area contributed by atoms with E-state index in [0.717, 1.165) is 12.8 Å². The lowest BCUT2D eigenvalue weighted by Gasteiger charge is -1.81. The first-order valence-electron chi connectivity index (χ1n) is 2.59. The van der Waals surface area contributed by atoms with E-state index < -0.39 is 0 Å². The van der Waals surface area contributed by atoms with Gasteiger partial charge in [-0.05, 0) is 12.5 Å². The Hall–Kier alpha value is -0.790. The number of rotatable bonds is 4. The number of unbranched alkanes of at least 4 members (excludes halogenated alkanes) is 1. The number of hydrogen-bond donors (Lipinski definition) is 0. The lowest BCUT2D eigenvalue weighted by molar-refractivity contribution is 0.397. The lowest BCUT2D eigenvalue weighted by Crippen LogP contribution is -1.71. The molecule has 0 aromatic carbocycles. The summed E-state index contributed by atoms with van der Waals surface area (Å²) in [6.45, 7) is 3.34. The highest BCUT2D eigenvalue weighted by Gasteiger charge is 1.71. The van der Waals surface area contributed by atoms with Gasteiger partial charge in [0.05, 0.1) is 6.26 Å². The highest BCUT2D eigenvalue weighted by Crippen LogP contribution is 1.86.